The van der Waals surface area contributed by atoms with Crippen molar-refractivity contribution < 1.29 is 8.42 Å². The first kappa shape index (κ1) is 16.8. The fourth-order valence-corrected chi connectivity index (χ4v) is 4.83. The van der Waals surface area contributed by atoms with Gasteiger partial charge in [0.05, 0.1) is 10.3 Å². The van der Waals surface area contributed by atoms with E-state index in [2.05, 4.69) is 19.2 Å². The molecule has 2 aliphatic rings. The van der Waals surface area contributed by atoms with Gasteiger partial charge in [0.2, 0.25) is 10.0 Å². The van der Waals surface area contributed by atoms with Crippen LogP contribution in [0.4, 0.5) is 5.69 Å². The van der Waals surface area contributed by atoms with Crippen LogP contribution in [0, 0.1) is 0 Å². The fraction of sp³-hybridized carbons (Fsp3) is 0.375. The smallest absolute Gasteiger partial charge is 0.235 e. The van der Waals surface area contributed by atoms with Gasteiger partial charge in [0, 0.05) is 17.6 Å². The van der Waals surface area contributed by atoms with Crippen LogP contribution in [-0.4, -0.2) is 20.3 Å². The van der Waals surface area contributed by atoms with Gasteiger partial charge in [0.1, 0.15) is 4.87 Å². The van der Waals surface area contributed by atoms with Crippen molar-refractivity contribution in [3.63, 3.8) is 0 Å². The number of primary sulfonamides is 1. The molecule has 4 nitrogen and oxygen atoms in total. The maximum atomic E-state index is 11.7. The van der Waals surface area contributed by atoms with Crippen molar-refractivity contribution in [1.29, 1.82) is 0 Å². The first-order valence-electron chi connectivity index (χ1n) is 7.20. The predicted molar refractivity (Wildman–Crippen MR) is 95.5 cm³/mol. The van der Waals surface area contributed by atoms with Gasteiger partial charge in [0.25, 0.3) is 0 Å². The fourth-order valence-electron chi connectivity index (χ4n) is 3.07. The molecule has 0 amide bonds. The molecular formula is C16H18Cl2N2O2S. The summed E-state index contributed by atoms with van der Waals surface area (Å²) in [5, 5.41) is 7.62. The molecule has 0 fully saturated rings. The molecule has 7 heteroatoms. The molecular weight excluding hydrogens is 355 g/mol. The van der Waals surface area contributed by atoms with Gasteiger partial charge in [-0.15, -0.1) is 23.2 Å². The molecule has 124 valence electrons. The molecule has 0 aromatic heterocycles. The Kier molecular flexibility index (Phi) is 3.84. The topological polar surface area (TPSA) is 72.2 Å². The lowest BCUT2D eigenvalue weighted by Crippen LogP contribution is -2.36. The van der Waals surface area contributed by atoms with Gasteiger partial charge in [-0.25, -0.2) is 13.6 Å². The third kappa shape index (κ3) is 2.70. The first-order chi connectivity index (χ1) is 10.6. The Morgan fingerprint density at radius 2 is 2.04 bits per heavy atom. The molecule has 0 radical (unpaired) electrons. The van der Waals surface area contributed by atoms with E-state index in [1.54, 1.807) is 12.2 Å². The Labute approximate surface area is 146 Å². The van der Waals surface area contributed by atoms with E-state index in [1.165, 1.54) is 11.6 Å². The number of fused-ring (bicyclic) bond motifs is 1. The van der Waals surface area contributed by atoms with Crippen molar-refractivity contribution >= 4 is 38.9 Å². The van der Waals surface area contributed by atoms with Crippen LogP contribution < -0.4 is 10.5 Å². The molecule has 23 heavy (non-hydrogen) atoms. The molecule has 3 N–H and O–H groups in total. The number of hydrogen-bond acceptors (Lipinski definition) is 3. The van der Waals surface area contributed by atoms with Gasteiger partial charge >= 0.3 is 0 Å². The molecule has 0 saturated heterocycles. The van der Waals surface area contributed by atoms with Crippen molar-refractivity contribution in [2.24, 2.45) is 5.14 Å². The van der Waals surface area contributed by atoms with Crippen molar-refractivity contribution in [3.05, 3.63) is 52.5 Å². The zero-order valence-electron chi connectivity index (χ0n) is 12.8. The minimum absolute atomic E-state index is 0.0434. The Balaban J connectivity index is 2.06. The van der Waals surface area contributed by atoms with E-state index in [0.29, 0.717) is 0 Å². The number of allylic oxidation sites excluding steroid dienone is 4. The molecule has 0 saturated carbocycles. The average Bonchev–Trinajstić information content (AvgIpc) is 2.76. The lowest BCUT2D eigenvalue weighted by molar-refractivity contribution is 0.586. The highest BCUT2D eigenvalue weighted by Gasteiger charge is 2.43. The standard InChI is InChI=1S/C16H18Cl2N2O2S/c1-15(2)9-20-12-8-10(5-6-11(12)15)16(18)7-3-4-13(14(16)17)23(19,21)22/h3-8,14,20H,9H2,1-2H3,(H2,19,21,22). The molecule has 1 aliphatic heterocycles. The summed E-state index contributed by atoms with van der Waals surface area (Å²) in [6.07, 6.45) is 4.67. The lowest BCUT2D eigenvalue weighted by atomic mass is 9.84. The minimum Gasteiger partial charge on any atom is -0.384 e. The van der Waals surface area contributed by atoms with E-state index < -0.39 is 20.3 Å². The summed E-state index contributed by atoms with van der Waals surface area (Å²) >= 11 is 13.1. The summed E-state index contributed by atoms with van der Waals surface area (Å²) in [5.74, 6) is 0. The quantitative estimate of drug-likeness (QED) is 0.783. The van der Waals surface area contributed by atoms with Crippen LogP contribution in [0.15, 0.2) is 41.3 Å². The van der Waals surface area contributed by atoms with Crippen LogP contribution in [0.2, 0.25) is 0 Å². The highest BCUT2D eigenvalue weighted by atomic mass is 35.5. The van der Waals surface area contributed by atoms with Gasteiger partial charge in [-0.1, -0.05) is 38.1 Å². The number of benzene rings is 1. The SMILES string of the molecule is CC1(C)CNc2cc(C3(Cl)C=CC=C(S(N)(=O)=O)C3Cl)ccc21. The first-order valence-corrected chi connectivity index (χ1v) is 9.56. The van der Waals surface area contributed by atoms with Crippen molar-refractivity contribution in [3.8, 4) is 0 Å². The second-order valence-corrected chi connectivity index (χ2v) is 9.22. The van der Waals surface area contributed by atoms with Crippen LogP contribution in [0.25, 0.3) is 0 Å². The molecule has 1 heterocycles. The molecule has 0 spiro atoms. The number of alkyl halides is 2. The Hall–Kier alpha value is -1.01. The van der Waals surface area contributed by atoms with Gasteiger partial charge in [-0.2, -0.15) is 0 Å². The molecule has 2 unspecified atom stereocenters. The Bertz CT molecular complexity index is 830. The van der Waals surface area contributed by atoms with E-state index >= 15 is 0 Å². The summed E-state index contributed by atoms with van der Waals surface area (Å²) in [4.78, 5) is -1.24. The second kappa shape index (κ2) is 5.24. The highest BCUT2D eigenvalue weighted by Crippen LogP contribution is 2.46. The van der Waals surface area contributed by atoms with Gasteiger partial charge < -0.3 is 5.32 Å². The molecule has 1 aromatic rings. The van der Waals surface area contributed by atoms with E-state index in [9.17, 15) is 8.42 Å². The normalized spacial score (nSPS) is 28.9. The number of nitrogens with one attached hydrogen (secondary N) is 1. The summed E-state index contributed by atoms with van der Waals surface area (Å²) in [5.41, 5.74) is 2.97. The van der Waals surface area contributed by atoms with Gasteiger partial charge in [-0.3, -0.25) is 0 Å². The highest BCUT2D eigenvalue weighted by molar-refractivity contribution is 7.93. The Morgan fingerprint density at radius 3 is 2.70 bits per heavy atom. The zero-order valence-corrected chi connectivity index (χ0v) is 15.1. The van der Waals surface area contributed by atoms with E-state index in [1.807, 2.05) is 18.2 Å². The third-order valence-corrected chi connectivity index (χ3v) is 6.87. The van der Waals surface area contributed by atoms with Gasteiger partial charge in [0.15, 0.2) is 0 Å². The number of anilines is 1. The lowest BCUT2D eigenvalue weighted by Gasteiger charge is -2.32. The number of halogens is 2. The summed E-state index contributed by atoms with van der Waals surface area (Å²) in [6, 6.07) is 5.84. The van der Waals surface area contributed by atoms with Crippen LogP contribution in [0.3, 0.4) is 0 Å². The zero-order chi connectivity index (χ0) is 17.0. The number of nitrogens with two attached hydrogens (primary N) is 1. The molecule has 2 atom stereocenters. The van der Waals surface area contributed by atoms with E-state index in [4.69, 9.17) is 28.3 Å². The monoisotopic (exact) mass is 372 g/mol. The summed E-state index contributed by atoms with van der Waals surface area (Å²) in [7, 11) is -3.91. The van der Waals surface area contributed by atoms with Crippen LogP contribution in [0.5, 0.6) is 0 Å². The van der Waals surface area contributed by atoms with E-state index in [-0.39, 0.29) is 10.3 Å². The third-order valence-electron chi connectivity index (χ3n) is 4.46. The largest absolute Gasteiger partial charge is 0.384 e. The van der Waals surface area contributed by atoms with E-state index in [0.717, 1.165) is 17.8 Å². The number of sulfonamides is 1. The van der Waals surface area contributed by atoms with Crippen molar-refractivity contribution in [2.45, 2.75) is 29.5 Å². The number of hydrogen-bond donors (Lipinski definition) is 2. The molecule has 3 rings (SSSR count). The summed E-state index contributed by atoms with van der Waals surface area (Å²) in [6.45, 7) is 5.16. The predicted octanol–water partition coefficient (Wildman–Crippen LogP) is 3.17. The second-order valence-electron chi connectivity index (χ2n) is 6.60. The average molecular weight is 373 g/mol. The van der Waals surface area contributed by atoms with Crippen LogP contribution in [0.1, 0.15) is 25.0 Å². The Morgan fingerprint density at radius 1 is 1.35 bits per heavy atom. The minimum atomic E-state index is -3.91. The molecule has 1 aliphatic carbocycles. The molecule has 0 bridgehead atoms. The van der Waals surface area contributed by atoms with Crippen molar-refractivity contribution in [1.82, 2.24) is 0 Å². The van der Waals surface area contributed by atoms with Crippen LogP contribution in [-0.2, 0) is 20.3 Å². The van der Waals surface area contributed by atoms with Gasteiger partial charge in [-0.05, 0) is 23.3 Å². The maximum absolute atomic E-state index is 11.7. The van der Waals surface area contributed by atoms with Crippen molar-refractivity contribution in [2.75, 3.05) is 11.9 Å². The summed E-state index contributed by atoms with van der Waals surface area (Å²) < 4.78 is 23.4. The maximum Gasteiger partial charge on any atom is 0.235 e. The number of rotatable bonds is 2. The molecule has 1 aromatic carbocycles. The van der Waals surface area contributed by atoms with Crippen LogP contribution >= 0.6 is 23.2 Å².